The molecule has 5 rings (SSSR count). The smallest absolute Gasteiger partial charge is 0.161 e. The van der Waals surface area contributed by atoms with Crippen molar-refractivity contribution in [1.82, 2.24) is 19.5 Å². The zero-order valence-corrected chi connectivity index (χ0v) is 16.1. The lowest BCUT2D eigenvalue weighted by atomic mass is 9.89. The number of pyridine rings is 1. The van der Waals surface area contributed by atoms with E-state index in [-0.39, 0.29) is 11.6 Å². The topological polar surface area (TPSA) is 42.7 Å². The van der Waals surface area contributed by atoms with E-state index in [4.69, 9.17) is 4.74 Å². The van der Waals surface area contributed by atoms with Gasteiger partial charge in [0.15, 0.2) is 11.5 Å². The zero-order valence-electron chi connectivity index (χ0n) is 16.1. The molecule has 3 aromatic rings. The number of benzene rings is 1. The summed E-state index contributed by atoms with van der Waals surface area (Å²) in [4.78, 5) is 2.38. The summed E-state index contributed by atoms with van der Waals surface area (Å²) in [6, 6.07) is 12.7. The molecule has 1 aliphatic heterocycles. The van der Waals surface area contributed by atoms with Crippen molar-refractivity contribution in [3.63, 3.8) is 0 Å². The molecule has 0 radical (unpaired) electrons. The highest BCUT2D eigenvalue weighted by Crippen LogP contribution is 2.37. The minimum atomic E-state index is -0.0739. The third-order valence-electron chi connectivity index (χ3n) is 6.45. The van der Waals surface area contributed by atoms with Crippen LogP contribution in [-0.4, -0.2) is 33.1 Å². The predicted octanol–water partition coefficient (Wildman–Crippen LogP) is 4.13. The van der Waals surface area contributed by atoms with E-state index in [1.165, 1.54) is 24.0 Å². The summed E-state index contributed by atoms with van der Waals surface area (Å²) in [5.41, 5.74) is 3.55. The molecule has 0 amide bonds. The molecular weight excluding hydrogens is 336 g/mol. The Bertz CT molecular complexity index is 981. The molecule has 140 valence electrons. The molecule has 5 nitrogen and oxygen atoms in total. The Balaban J connectivity index is 1.50. The monoisotopic (exact) mass is 362 g/mol. The van der Waals surface area contributed by atoms with Crippen LogP contribution in [0.25, 0.3) is 5.65 Å². The summed E-state index contributed by atoms with van der Waals surface area (Å²) >= 11 is 0. The minimum Gasteiger partial charge on any atom is -0.484 e. The summed E-state index contributed by atoms with van der Waals surface area (Å²) in [5, 5.41) is 8.94. The van der Waals surface area contributed by atoms with Crippen LogP contribution >= 0.6 is 0 Å². The Hall–Kier alpha value is -2.40. The standard InChI is InChI=1S/C22H26N4O/c1-22(13-6-14-25(22)2)21-24-23-20-12-11-17(15-26(20)21)27-19-10-5-8-16-7-3-4-9-18(16)19/h3-4,7,9,11-12,15,19H,5-6,8,10,13-14H2,1-2H3/t19?,22-/m0/s1. The van der Waals surface area contributed by atoms with E-state index in [0.717, 1.165) is 43.0 Å². The van der Waals surface area contributed by atoms with E-state index < -0.39 is 0 Å². The van der Waals surface area contributed by atoms with Gasteiger partial charge in [0.1, 0.15) is 11.9 Å². The SMILES string of the molecule is CN1CCC[C@@]1(C)c1nnc2ccc(OC3CCCc4ccccc43)cn12. The van der Waals surface area contributed by atoms with Crippen LogP contribution in [0.3, 0.4) is 0 Å². The van der Waals surface area contributed by atoms with Crippen molar-refractivity contribution in [1.29, 1.82) is 0 Å². The van der Waals surface area contributed by atoms with Gasteiger partial charge in [-0.05, 0) is 75.9 Å². The summed E-state index contributed by atoms with van der Waals surface area (Å²) in [5.74, 6) is 1.89. The first-order valence-electron chi connectivity index (χ1n) is 9.96. The lowest BCUT2D eigenvalue weighted by Gasteiger charge is -2.30. The Morgan fingerprint density at radius 2 is 2.00 bits per heavy atom. The molecule has 1 fully saturated rings. The van der Waals surface area contributed by atoms with Gasteiger partial charge < -0.3 is 4.74 Å². The molecule has 2 aromatic heterocycles. The lowest BCUT2D eigenvalue weighted by Crippen LogP contribution is -2.37. The lowest BCUT2D eigenvalue weighted by molar-refractivity contribution is 0.178. The molecule has 1 aliphatic carbocycles. The van der Waals surface area contributed by atoms with E-state index >= 15 is 0 Å². The maximum Gasteiger partial charge on any atom is 0.161 e. The van der Waals surface area contributed by atoms with Crippen LogP contribution in [0.1, 0.15) is 55.7 Å². The molecule has 0 saturated carbocycles. The highest BCUT2D eigenvalue weighted by molar-refractivity contribution is 5.43. The molecule has 0 bridgehead atoms. The highest BCUT2D eigenvalue weighted by atomic mass is 16.5. The first kappa shape index (κ1) is 16.8. The molecule has 0 N–H and O–H groups in total. The molecule has 3 heterocycles. The van der Waals surface area contributed by atoms with E-state index in [2.05, 4.69) is 63.9 Å². The molecule has 1 unspecified atom stereocenters. The van der Waals surface area contributed by atoms with Gasteiger partial charge >= 0.3 is 0 Å². The summed E-state index contributed by atoms with van der Waals surface area (Å²) in [7, 11) is 2.17. The van der Waals surface area contributed by atoms with E-state index in [1.54, 1.807) is 0 Å². The maximum absolute atomic E-state index is 6.45. The molecule has 1 aromatic carbocycles. The molecule has 2 atom stereocenters. The number of fused-ring (bicyclic) bond motifs is 2. The van der Waals surface area contributed by atoms with Crippen LogP contribution in [-0.2, 0) is 12.0 Å². The van der Waals surface area contributed by atoms with Crippen molar-refractivity contribution < 1.29 is 4.74 Å². The fourth-order valence-electron chi connectivity index (χ4n) is 4.68. The Morgan fingerprint density at radius 1 is 1.11 bits per heavy atom. The van der Waals surface area contributed by atoms with Crippen LogP contribution in [0.5, 0.6) is 5.75 Å². The number of hydrogen-bond acceptors (Lipinski definition) is 4. The van der Waals surface area contributed by atoms with Crippen molar-refractivity contribution >= 4 is 5.65 Å². The molecule has 0 spiro atoms. The molecule has 1 saturated heterocycles. The number of aryl methyl sites for hydroxylation is 1. The molecule has 27 heavy (non-hydrogen) atoms. The van der Waals surface area contributed by atoms with Crippen LogP contribution < -0.4 is 4.74 Å². The van der Waals surface area contributed by atoms with Gasteiger partial charge in [-0.1, -0.05) is 24.3 Å². The summed E-state index contributed by atoms with van der Waals surface area (Å²) in [6.45, 7) is 3.36. The second-order valence-corrected chi connectivity index (χ2v) is 8.11. The van der Waals surface area contributed by atoms with Crippen molar-refractivity contribution in [3.8, 4) is 5.75 Å². The Labute approximate surface area is 160 Å². The number of likely N-dealkylation sites (tertiary alicyclic amines) is 1. The van der Waals surface area contributed by atoms with Crippen LogP contribution in [0.15, 0.2) is 42.6 Å². The van der Waals surface area contributed by atoms with Crippen molar-refractivity contribution in [3.05, 3.63) is 59.5 Å². The molecular formula is C22H26N4O. The fraction of sp³-hybridized carbons (Fsp3) is 0.455. The Morgan fingerprint density at radius 3 is 2.85 bits per heavy atom. The molecule has 5 heteroatoms. The number of aromatic nitrogens is 3. The number of ether oxygens (including phenoxy) is 1. The van der Waals surface area contributed by atoms with Crippen LogP contribution in [0.2, 0.25) is 0 Å². The van der Waals surface area contributed by atoms with Gasteiger partial charge in [0.25, 0.3) is 0 Å². The third-order valence-corrected chi connectivity index (χ3v) is 6.45. The molecule has 2 aliphatic rings. The van der Waals surface area contributed by atoms with Gasteiger partial charge in [0.05, 0.1) is 11.7 Å². The highest BCUT2D eigenvalue weighted by Gasteiger charge is 2.39. The van der Waals surface area contributed by atoms with Gasteiger partial charge in [0.2, 0.25) is 0 Å². The maximum atomic E-state index is 6.45. The fourth-order valence-corrected chi connectivity index (χ4v) is 4.68. The predicted molar refractivity (Wildman–Crippen MR) is 105 cm³/mol. The average Bonchev–Trinajstić information content (AvgIpc) is 3.26. The second-order valence-electron chi connectivity index (χ2n) is 8.11. The van der Waals surface area contributed by atoms with E-state index in [1.807, 2.05) is 12.1 Å². The first-order chi connectivity index (χ1) is 13.1. The van der Waals surface area contributed by atoms with Crippen molar-refractivity contribution in [2.45, 2.75) is 50.7 Å². The zero-order chi connectivity index (χ0) is 18.4. The summed E-state index contributed by atoms with van der Waals surface area (Å²) in [6.07, 6.45) is 7.86. The van der Waals surface area contributed by atoms with Gasteiger partial charge in [-0.15, -0.1) is 10.2 Å². The second kappa shape index (κ2) is 6.34. The normalized spacial score (nSPS) is 25.6. The van der Waals surface area contributed by atoms with Gasteiger partial charge in [-0.2, -0.15) is 0 Å². The Kier molecular flexibility index (Phi) is 3.93. The van der Waals surface area contributed by atoms with E-state index in [9.17, 15) is 0 Å². The van der Waals surface area contributed by atoms with Gasteiger partial charge in [-0.25, -0.2) is 0 Å². The van der Waals surface area contributed by atoms with Gasteiger partial charge in [0, 0.05) is 0 Å². The van der Waals surface area contributed by atoms with Gasteiger partial charge in [-0.3, -0.25) is 9.30 Å². The minimum absolute atomic E-state index is 0.0739. The number of hydrogen-bond donors (Lipinski definition) is 0. The average molecular weight is 362 g/mol. The van der Waals surface area contributed by atoms with Crippen LogP contribution in [0, 0.1) is 0 Å². The van der Waals surface area contributed by atoms with Crippen molar-refractivity contribution in [2.75, 3.05) is 13.6 Å². The number of nitrogens with zero attached hydrogens (tertiary/aromatic N) is 4. The van der Waals surface area contributed by atoms with E-state index in [0.29, 0.717) is 0 Å². The summed E-state index contributed by atoms with van der Waals surface area (Å²) < 4.78 is 8.56. The van der Waals surface area contributed by atoms with Crippen LogP contribution in [0.4, 0.5) is 0 Å². The van der Waals surface area contributed by atoms with Crippen molar-refractivity contribution in [2.24, 2.45) is 0 Å². The quantitative estimate of drug-likeness (QED) is 0.703. The first-order valence-corrected chi connectivity index (χ1v) is 9.96. The number of rotatable bonds is 3. The largest absolute Gasteiger partial charge is 0.484 e. The third kappa shape index (κ3) is 2.72.